The van der Waals surface area contributed by atoms with Crippen LogP contribution in [-0.2, 0) is 28.4 Å². The molecule has 0 saturated heterocycles. The van der Waals surface area contributed by atoms with E-state index in [4.69, 9.17) is 33.5 Å². The molecule has 0 aromatic rings. The lowest BCUT2D eigenvalue weighted by atomic mass is 10.7. The fourth-order valence-corrected chi connectivity index (χ4v) is 1.63. The summed E-state index contributed by atoms with van der Waals surface area (Å²) in [4.78, 5) is 0. The molecule has 0 spiro atoms. The van der Waals surface area contributed by atoms with E-state index in [1.165, 1.54) is 0 Å². The maximum Gasteiger partial charge on any atom is 0.0701 e. The zero-order valence-electron chi connectivity index (χ0n) is 13.2. The maximum absolute atomic E-state index is 8.49. The van der Waals surface area contributed by atoms with Gasteiger partial charge in [0.2, 0.25) is 0 Å². The summed E-state index contributed by atoms with van der Waals surface area (Å²) in [5.41, 5.74) is 0. The number of alkyl halides is 1. The van der Waals surface area contributed by atoms with Crippen LogP contribution in [0.1, 0.15) is 0 Å². The summed E-state index contributed by atoms with van der Waals surface area (Å²) in [6.45, 7) is 6.72. The lowest BCUT2D eigenvalue weighted by Gasteiger charge is -2.07. The number of aliphatic hydroxyl groups excluding tert-OH is 1. The molecule has 0 aliphatic heterocycles. The molecule has 0 rings (SSSR count). The van der Waals surface area contributed by atoms with Crippen molar-refractivity contribution in [1.29, 1.82) is 0 Å². The second-order valence-electron chi connectivity index (χ2n) is 4.09. The molecule has 0 heterocycles. The first-order chi connectivity index (χ1) is 10.9. The van der Waals surface area contributed by atoms with E-state index in [0.717, 1.165) is 11.0 Å². The lowest BCUT2D eigenvalue weighted by molar-refractivity contribution is -0.0175. The lowest BCUT2D eigenvalue weighted by Crippen LogP contribution is -2.14. The quantitative estimate of drug-likeness (QED) is 0.180. The van der Waals surface area contributed by atoms with Crippen LogP contribution >= 0.6 is 22.6 Å². The molecular weight excluding hydrogens is 407 g/mol. The smallest absolute Gasteiger partial charge is 0.0701 e. The molecule has 7 nitrogen and oxygen atoms in total. The Morgan fingerprint density at radius 1 is 0.455 bits per heavy atom. The molecule has 8 heteroatoms. The van der Waals surface area contributed by atoms with Gasteiger partial charge in [-0.15, -0.1) is 0 Å². The molecule has 134 valence electrons. The van der Waals surface area contributed by atoms with E-state index in [2.05, 4.69) is 22.6 Å². The molecule has 0 unspecified atom stereocenters. The number of hydrogen-bond acceptors (Lipinski definition) is 7. The molecule has 0 saturated carbocycles. The number of hydrogen-bond donors (Lipinski definition) is 1. The predicted octanol–water partition coefficient (Wildman–Crippen LogP) is 0.513. The number of aliphatic hydroxyl groups is 1. The molecule has 0 aromatic carbocycles. The van der Waals surface area contributed by atoms with Crippen LogP contribution in [0, 0.1) is 0 Å². The second-order valence-corrected chi connectivity index (χ2v) is 5.17. The van der Waals surface area contributed by atoms with Crippen molar-refractivity contribution >= 4 is 22.6 Å². The zero-order valence-corrected chi connectivity index (χ0v) is 15.3. The van der Waals surface area contributed by atoms with Crippen molar-refractivity contribution < 1.29 is 33.5 Å². The van der Waals surface area contributed by atoms with Gasteiger partial charge in [0.15, 0.2) is 0 Å². The van der Waals surface area contributed by atoms with Gasteiger partial charge in [0.1, 0.15) is 0 Å². The highest BCUT2D eigenvalue weighted by atomic mass is 127. The first-order valence-corrected chi connectivity index (χ1v) is 9.07. The second kappa shape index (κ2) is 21.4. The third kappa shape index (κ3) is 20.5. The van der Waals surface area contributed by atoms with Crippen LogP contribution in [0.5, 0.6) is 0 Å². The summed E-state index contributed by atoms with van der Waals surface area (Å²) in [6.07, 6.45) is 0. The summed E-state index contributed by atoms with van der Waals surface area (Å²) in [7, 11) is 0. The van der Waals surface area contributed by atoms with Crippen molar-refractivity contribution in [2.24, 2.45) is 0 Å². The van der Waals surface area contributed by atoms with E-state index in [1.807, 2.05) is 0 Å². The third-order valence-corrected chi connectivity index (χ3v) is 2.76. The highest BCUT2D eigenvalue weighted by molar-refractivity contribution is 14.1. The predicted molar refractivity (Wildman–Crippen MR) is 90.9 cm³/mol. The minimum atomic E-state index is 0.0422. The molecule has 0 aliphatic rings. The number of halogens is 1. The van der Waals surface area contributed by atoms with Gasteiger partial charge in [-0.05, 0) is 0 Å². The van der Waals surface area contributed by atoms with Crippen LogP contribution in [0.25, 0.3) is 0 Å². The Bertz CT molecular complexity index is 178. The topological polar surface area (TPSA) is 75.6 Å². The highest BCUT2D eigenvalue weighted by Crippen LogP contribution is 1.85. The molecular formula is C14H29IO7. The minimum absolute atomic E-state index is 0.0422. The van der Waals surface area contributed by atoms with E-state index < -0.39 is 0 Å². The van der Waals surface area contributed by atoms with E-state index in [-0.39, 0.29) is 6.61 Å². The van der Waals surface area contributed by atoms with Gasteiger partial charge in [-0.1, -0.05) is 22.6 Å². The van der Waals surface area contributed by atoms with E-state index in [9.17, 15) is 0 Å². The van der Waals surface area contributed by atoms with Gasteiger partial charge >= 0.3 is 0 Å². The van der Waals surface area contributed by atoms with Crippen molar-refractivity contribution in [3.63, 3.8) is 0 Å². The van der Waals surface area contributed by atoms with Crippen molar-refractivity contribution in [3.05, 3.63) is 0 Å². The molecule has 0 aromatic heterocycles. The van der Waals surface area contributed by atoms with Gasteiger partial charge in [0, 0.05) is 4.43 Å². The van der Waals surface area contributed by atoms with Crippen LogP contribution in [0.3, 0.4) is 0 Å². The Labute approximate surface area is 146 Å². The largest absolute Gasteiger partial charge is 0.394 e. The Balaban J connectivity index is 2.91. The minimum Gasteiger partial charge on any atom is -0.394 e. The Kier molecular flexibility index (Phi) is 21.9. The summed E-state index contributed by atoms with van der Waals surface area (Å²) in [5, 5.41) is 8.49. The van der Waals surface area contributed by atoms with Crippen LogP contribution in [0.4, 0.5) is 0 Å². The fourth-order valence-electron chi connectivity index (χ4n) is 1.32. The monoisotopic (exact) mass is 436 g/mol. The van der Waals surface area contributed by atoms with Crippen LogP contribution < -0.4 is 0 Å². The number of ether oxygens (including phenoxy) is 6. The molecule has 0 bridgehead atoms. The molecule has 0 fully saturated rings. The fraction of sp³-hybridized carbons (Fsp3) is 1.00. The van der Waals surface area contributed by atoms with E-state index in [1.54, 1.807) is 0 Å². The van der Waals surface area contributed by atoms with Crippen LogP contribution in [0.15, 0.2) is 0 Å². The summed E-state index contributed by atoms with van der Waals surface area (Å²) < 4.78 is 32.6. The molecule has 22 heavy (non-hydrogen) atoms. The Hall–Kier alpha value is 0.450. The van der Waals surface area contributed by atoms with Crippen molar-refractivity contribution in [3.8, 4) is 0 Å². The van der Waals surface area contributed by atoms with Gasteiger partial charge in [-0.25, -0.2) is 0 Å². The molecule has 0 amide bonds. The average molecular weight is 436 g/mol. The number of rotatable bonds is 19. The normalized spacial score (nSPS) is 11.2. The SMILES string of the molecule is OCCOCCOCCOCCOCCOCCOCCI. The van der Waals surface area contributed by atoms with Crippen molar-refractivity contribution in [2.75, 3.05) is 90.3 Å². The average Bonchev–Trinajstić information content (AvgIpc) is 2.54. The zero-order chi connectivity index (χ0) is 16.1. The Morgan fingerprint density at radius 2 is 0.727 bits per heavy atom. The first kappa shape index (κ1) is 22.4. The summed E-state index contributed by atoms with van der Waals surface area (Å²) in [6, 6.07) is 0. The molecule has 1 N–H and O–H groups in total. The van der Waals surface area contributed by atoms with Gasteiger partial charge < -0.3 is 33.5 Å². The maximum atomic E-state index is 8.49. The van der Waals surface area contributed by atoms with Gasteiger partial charge in [0.05, 0.1) is 85.9 Å². The summed E-state index contributed by atoms with van der Waals surface area (Å²) >= 11 is 2.27. The highest BCUT2D eigenvalue weighted by Gasteiger charge is 1.93. The Morgan fingerprint density at radius 3 is 1.00 bits per heavy atom. The summed E-state index contributed by atoms with van der Waals surface area (Å²) in [5.74, 6) is 0. The molecule has 0 radical (unpaired) electrons. The van der Waals surface area contributed by atoms with E-state index in [0.29, 0.717) is 72.7 Å². The first-order valence-electron chi connectivity index (χ1n) is 7.55. The molecule has 0 aliphatic carbocycles. The van der Waals surface area contributed by atoms with Crippen molar-refractivity contribution in [2.45, 2.75) is 0 Å². The van der Waals surface area contributed by atoms with Crippen molar-refractivity contribution in [1.82, 2.24) is 0 Å². The van der Waals surface area contributed by atoms with E-state index >= 15 is 0 Å². The standard InChI is InChI=1S/C14H29IO7/c15-1-3-17-5-7-19-9-11-21-13-14-22-12-10-20-8-6-18-4-2-16/h16H,1-14H2. The van der Waals surface area contributed by atoms with Gasteiger partial charge in [0.25, 0.3) is 0 Å². The van der Waals surface area contributed by atoms with Gasteiger partial charge in [-0.3, -0.25) is 0 Å². The third-order valence-electron chi connectivity index (χ3n) is 2.32. The van der Waals surface area contributed by atoms with Gasteiger partial charge in [-0.2, -0.15) is 0 Å². The van der Waals surface area contributed by atoms with Crippen LogP contribution in [-0.4, -0.2) is 95.4 Å². The molecule has 0 atom stereocenters. The van der Waals surface area contributed by atoms with Crippen LogP contribution in [0.2, 0.25) is 0 Å².